The van der Waals surface area contributed by atoms with E-state index >= 15 is 0 Å². The Labute approximate surface area is 128 Å². The molecule has 118 valence electrons. The van der Waals surface area contributed by atoms with Gasteiger partial charge in [-0.15, -0.1) is 0 Å². The van der Waals surface area contributed by atoms with Crippen LogP contribution < -0.4 is 15.6 Å². The maximum absolute atomic E-state index is 12.8. The molecular formula is C16H19FN2O3. The molecule has 0 radical (unpaired) electrons. The highest BCUT2D eigenvalue weighted by Crippen LogP contribution is 2.19. The molecule has 0 aromatic heterocycles. The number of allylic oxidation sites excluding steroid dienone is 2. The maximum Gasteiger partial charge on any atom is 0.279 e. The van der Waals surface area contributed by atoms with E-state index in [9.17, 15) is 14.0 Å². The molecule has 1 aliphatic rings. The van der Waals surface area contributed by atoms with E-state index in [1.165, 1.54) is 24.3 Å². The topological polar surface area (TPSA) is 67.4 Å². The molecule has 1 aromatic carbocycles. The lowest BCUT2D eigenvalue weighted by molar-refractivity contribution is -0.133. The van der Waals surface area contributed by atoms with Gasteiger partial charge in [0.25, 0.3) is 5.91 Å². The number of amides is 2. The first-order valence-electron chi connectivity index (χ1n) is 7.22. The molecule has 2 N–H and O–H groups in total. The van der Waals surface area contributed by atoms with Gasteiger partial charge in [0, 0.05) is 6.42 Å². The average molecular weight is 306 g/mol. The first kappa shape index (κ1) is 16.0. The third-order valence-corrected chi connectivity index (χ3v) is 3.38. The zero-order valence-electron chi connectivity index (χ0n) is 12.3. The second-order valence-electron chi connectivity index (χ2n) is 5.22. The smallest absolute Gasteiger partial charge is 0.279 e. The molecule has 22 heavy (non-hydrogen) atoms. The van der Waals surface area contributed by atoms with Crippen LogP contribution in [-0.4, -0.2) is 17.9 Å². The summed E-state index contributed by atoms with van der Waals surface area (Å²) in [4.78, 5) is 23.5. The van der Waals surface area contributed by atoms with Gasteiger partial charge in [-0.1, -0.05) is 12.2 Å². The van der Waals surface area contributed by atoms with Crippen molar-refractivity contribution in [3.8, 4) is 5.75 Å². The predicted molar refractivity (Wildman–Crippen MR) is 79.3 cm³/mol. The monoisotopic (exact) mass is 306 g/mol. The van der Waals surface area contributed by atoms with Crippen LogP contribution >= 0.6 is 0 Å². The van der Waals surface area contributed by atoms with Gasteiger partial charge >= 0.3 is 0 Å². The Morgan fingerprint density at radius 1 is 1.32 bits per heavy atom. The number of hydrogen-bond acceptors (Lipinski definition) is 3. The Morgan fingerprint density at radius 2 is 2.05 bits per heavy atom. The zero-order chi connectivity index (χ0) is 15.9. The molecule has 2 amide bonds. The Morgan fingerprint density at radius 3 is 2.68 bits per heavy atom. The highest BCUT2D eigenvalue weighted by Gasteiger charge is 2.17. The second-order valence-corrected chi connectivity index (χ2v) is 5.22. The van der Waals surface area contributed by atoms with Gasteiger partial charge < -0.3 is 4.74 Å². The van der Waals surface area contributed by atoms with E-state index in [0.29, 0.717) is 12.2 Å². The van der Waals surface area contributed by atoms with Gasteiger partial charge in [-0.3, -0.25) is 20.4 Å². The van der Waals surface area contributed by atoms with Crippen molar-refractivity contribution < 1.29 is 18.7 Å². The molecule has 1 aliphatic carbocycles. The van der Waals surface area contributed by atoms with Crippen molar-refractivity contribution in [3.63, 3.8) is 0 Å². The highest BCUT2D eigenvalue weighted by atomic mass is 19.1. The predicted octanol–water partition coefficient (Wildman–Crippen LogP) is 2.10. The SMILES string of the molecule is CC(Oc1ccc(F)cc1)C(=O)NNC(=O)CC1C=CCC1. The van der Waals surface area contributed by atoms with E-state index in [4.69, 9.17) is 4.74 Å². The van der Waals surface area contributed by atoms with Crippen molar-refractivity contribution in [2.24, 2.45) is 5.92 Å². The van der Waals surface area contributed by atoms with Crippen molar-refractivity contribution in [3.05, 3.63) is 42.2 Å². The molecule has 0 spiro atoms. The molecule has 1 aromatic rings. The van der Waals surface area contributed by atoms with Crippen LogP contribution in [0.3, 0.4) is 0 Å². The van der Waals surface area contributed by atoms with Crippen LogP contribution in [0.4, 0.5) is 4.39 Å². The number of hydrogen-bond donors (Lipinski definition) is 2. The minimum Gasteiger partial charge on any atom is -0.481 e. The standard InChI is InChI=1S/C16H19FN2O3/c1-11(22-14-8-6-13(17)7-9-14)16(21)19-18-15(20)10-12-4-2-3-5-12/h2,4,6-9,11-12H,3,5,10H2,1H3,(H,18,20)(H,19,21). The van der Waals surface area contributed by atoms with Crippen LogP contribution in [0.5, 0.6) is 5.75 Å². The van der Waals surface area contributed by atoms with E-state index < -0.39 is 12.0 Å². The summed E-state index contributed by atoms with van der Waals surface area (Å²) in [5.74, 6) is -0.465. The van der Waals surface area contributed by atoms with Gasteiger partial charge in [0.2, 0.25) is 5.91 Å². The van der Waals surface area contributed by atoms with Crippen LogP contribution in [0.25, 0.3) is 0 Å². The fourth-order valence-corrected chi connectivity index (χ4v) is 2.16. The van der Waals surface area contributed by atoms with Crippen molar-refractivity contribution in [2.75, 3.05) is 0 Å². The Kier molecular flexibility index (Phi) is 5.52. The third kappa shape index (κ3) is 4.87. The van der Waals surface area contributed by atoms with Crippen molar-refractivity contribution >= 4 is 11.8 Å². The summed E-state index contributed by atoms with van der Waals surface area (Å²) in [7, 11) is 0. The van der Waals surface area contributed by atoms with Gasteiger partial charge in [0.05, 0.1) is 0 Å². The molecule has 2 rings (SSSR count). The number of nitrogens with one attached hydrogen (secondary N) is 2. The molecule has 6 heteroatoms. The molecular weight excluding hydrogens is 287 g/mol. The fourth-order valence-electron chi connectivity index (χ4n) is 2.16. The molecule has 2 unspecified atom stereocenters. The average Bonchev–Trinajstić information content (AvgIpc) is 3.00. The van der Waals surface area contributed by atoms with Gasteiger partial charge in [0.1, 0.15) is 11.6 Å². The lowest BCUT2D eigenvalue weighted by Gasteiger charge is -2.15. The second kappa shape index (κ2) is 7.59. The summed E-state index contributed by atoms with van der Waals surface area (Å²) < 4.78 is 18.1. The molecule has 5 nitrogen and oxygen atoms in total. The summed E-state index contributed by atoms with van der Waals surface area (Å²) in [6.07, 6.45) is 5.57. The number of hydrazine groups is 1. The summed E-state index contributed by atoms with van der Waals surface area (Å²) >= 11 is 0. The maximum atomic E-state index is 12.8. The van der Waals surface area contributed by atoms with Crippen molar-refractivity contribution in [1.82, 2.24) is 10.9 Å². The number of halogens is 1. The lowest BCUT2D eigenvalue weighted by Crippen LogP contribution is -2.47. The Bertz CT molecular complexity index is 557. The number of rotatable bonds is 5. The van der Waals surface area contributed by atoms with Crippen molar-refractivity contribution in [1.29, 1.82) is 0 Å². The van der Waals surface area contributed by atoms with Crippen LogP contribution in [0.15, 0.2) is 36.4 Å². The minimum atomic E-state index is -0.808. The molecule has 0 saturated carbocycles. The lowest BCUT2D eigenvalue weighted by atomic mass is 10.1. The van der Waals surface area contributed by atoms with E-state index in [1.54, 1.807) is 6.92 Å². The quantitative estimate of drug-likeness (QED) is 0.646. The first-order chi connectivity index (χ1) is 10.5. The summed E-state index contributed by atoms with van der Waals surface area (Å²) in [6.45, 7) is 1.55. The molecule has 0 aliphatic heterocycles. The summed E-state index contributed by atoms with van der Waals surface area (Å²) in [5.41, 5.74) is 4.70. The zero-order valence-corrected chi connectivity index (χ0v) is 12.3. The van der Waals surface area contributed by atoms with Gasteiger partial charge in [-0.25, -0.2) is 4.39 Å². The largest absolute Gasteiger partial charge is 0.481 e. The third-order valence-electron chi connectivity index (χ3n) is 3.38. The van der Waals surface area contributed by atoms with E-state index in [-0.39, 0.29) is 17.6 Å². The number of carbonyl (C=O) groups is 2. The minimum absolute atomic E-state index is 0.237. The highest BCUT2D eigenvalue weighted by molar-refractivity contribution is 5.84. The normalized spacial score (nSPS) is 17.8. The summed E-state index contributed by atoms with van der Waals surface area (Å²) in [5, 5.41) is 0. The summed E-state index contributed by atoms with van der Waals surface area (Å²) in [6, 6.07) is 5.36. The van der Waals surface area contributed by atoms with Crippen LogP contribution in [0, 0.1) is 11.7 Å². The number of benzene rings is 1. The van der Waals surface area contributed by atoms with Crippen LogP contribution in [0.1, 0.15) is 26.2 Å². The number of ether oxygens (including phenoxy) is 1. The van der Waals surface area contributed by atoms with Gasteiger partial charge in [-0.2, -0.15) is 0 Å². The van der Waals surface area contributed by atoms with E-state index in [0.717, 1.165) is 12.8 Å². The van der Waals surface area contributed by atoms with Crippen LogP contribution in [-0.2, 0) is 9.59 Å². The van der Waals surface area contributed by atoms with Gasteiger partial charge in [0.15, 0.2) is 6.10 Å². The molecule has 0 bridgehead atoms. The fraction of sp³-hybridized carbons (Fsp3) is 0.375. The Balaban J connectivity index is 1.72. The molecule has 2 atom stereocenters. The first-order valence-corrected chi connectivity index (χ1v) is 7.22. The number of carbonyl (C=O) groups excluding carboxylic acids is 2. The van der Waals surface area contributed by atoms with Crippen molar-refractivity contribution in [2.45, 2.75) is 32.3 Å². The molecule has 0 saturated heterocycles. The van der Waals surface area contributed by atoms with E-state index in [2.05, 4.69) is 16.9 Å². The van der Waals surface area contributed by atoms with E-state index in [1.807, 2.05) is 6.08 Å². The molecule has 0 fully saturated rings. The van der Waals surface area contributed by atoms with Gasteiger partial charge in [-0.05, 0) is 49.9 Å². The Hall–Kier alpha value is -2.37. The van der Waals surface area contributed by atoms with Crippen LogP contribution in [0.2, 0.25) is 0 Å². The molecule has 0 heterocycles.